The first-order valence-electron chi connectivity index (χ1n) is 15.3. The van der Waals surface area contributed by atoms with Gasteiger partial charge in [-0.2, -0.15) is 0 Å². The smallest absolute Gasteiger partial charge is 0.248 e. The first-order chi connectivity index (χ1) is 20.9. The Hall–Kier alpha value is -3.56. The third-order valence-electron chi connectivity index (χ3n) is 9.30. The average Bonchev–Trinajstić information content (AvgIpc) is 3.60. The summed E-state index contributed by atoms with van der Waals surface area (Å²) in [7, 11) is 0. The van der Waals surface area contributed by atoms with E-state index in [-0.39, 0.29) is 35.5 Å². The van der Waals surface area contributed by atoms with Gasteiger partial charge in [-0.3, -0.25) is 14.4 Å². The molecule has 3 aliphatic rings. The number of unbranched alkanes of at least 4 members (excludes halogenated alkanes) is 2. The number of hydrogen-bond acceptors (Lipinski definition) is 6. The van der Waals surface area contributed by atoms with Gasteiger partial charge in [0.1, 0.15) is 11.8 Å². The molecule has 3 aromatic rings. The lowest BCUT2D eigenvalue weighted by Crippen LogP contribution is -2.54. The molecule has 3 aromatic carbocycles. The SMILES string of the molecule is CCOc1ccc(NC(=O)[C@@H]2[C@@H]3CC(C)C4(S3)C(C(=O)Nc3ccc5ccccc5c3)N(CCCCCO)C(=O)[C@H]24)cc1. The number of carbonyl (C=O) groups is 3. The fraction of sp³-hybridized carbons (Fsp3) is 0.441. The molecule has 0 saturated carbocycles. The molecule has 6 atom stereocenters. The van der Waals surface area contributed by atoms with Crippen molar-refractivity contribution in [2.24, 2.45) is 17.8 Å². The van der Waals surface area contributed by atoms with Gasteiger partial charge in [-0.15, -0.1) is 11.8 Å². The zero-order chi connectivity index (χ0) is 30.1. The largest absolute Gasteiger partial charge is 0.494 e. The molecule has 226 valence electrons. The number of carbonyl (C=O) groups excluding carboxylic acids is 3. The van der Waals surface area contributed by atoms with Crippen LogP contribution in [0.4, 0.5) is 11.4 Å². The predicted molar refractivity (Wildman–Crippen MR) is 170 cm³/mol. The lowest BCUT2D eigenvalue weighted by molar-refractivity contribution is -0.138. The van der Waals surface area contributed by atoms with Crippen molar-refractivity contribution in [3.63, 3.8) is 0 Å². The molecule has 3 saturated heterocycles. The van der Waals surface area contributed by atoms with Gasteiger partial charge in [0.25, 0.3) is 0 Å². The third-order valence-corrected chi connectivity index (χ3v) is 11.4. The molecule has 2 bridgehead atoms. The maximum Gasteiger partial charge on any atom is 0.248 e. The van der Waals surface area contributed by atoms with Gasteiger partial charge in [-0.25, -0.2) is 0 Å². The molecule has 8 nitrogen and oxygen atoms in total. The minimum atomic E-state index is -0.695. The Morgan fingerprint density at radius 2 is 1.70 bits per heavy atom. The highest BCUT2D eigenvalue weighted by Crippen LogP contribution is 2.68. The summed E-state index contributed by atoms with van der Waals surface area (Å²) < 4.78 is 4.83. The van der Waals surface area contributed by atoms with E-state index in [9.17, 15) is 19.5 Å². The molecule has 9 heteroatoms. The maximum absolute atomic E-state index is 14.3. The number of likely N-dealkylation sites (tertiary alicyclic amines) is 1. The average molecular weight is 602 g/mol. The van der Waals surface area contributed by atoms with Crippen LogP contribution in [-0.4, -0.2) is 63.5 Å². The zero-order valence-corrected chi connectivity index (χ0v) is 25.4. The normalized spacial score (nSPS) is 27.4. The van der Waals surface area contributed by atoms with Crippen LogP contribution in [0.25, 0.3) is 10.8 Å². The van der Waals surface area contributed by atoms with Crippen molar-refractivity contribution in [1.29, 1.82) is 0 Å². The summed E-state index contributed by atoms with van der Waals surface area (Å²) in [5, 5.41) is 17.6. The summed E-state index contributed by atoms with van der Waals surface area (Å²) >= 11 is 1.67. The Morgan fingerprint density at radius 3 is 2.44 bits per heavy atom. The first kappa shape index (κ1) is 29.5. The van der Waals surface area contributed by atoms with Gasteiger partial charge in [0.15, 0.2) is 0 Å². The number of nitrogens with one attached hydrogen (secondary N) is 2. The summed E-state index contributed by atoms with van der Waals surface area (Å²) in [6, 6.07) is 20.4. The summed E-state index contributed by atoms with van der Waals surface area (Å²) in [5.41, 5.74) is 1.34. The van der Waals surface area contributed by atoms with Crippen LogP contribution in [0, 0.1) is 17.8 Å². The number of aliphatic hydroxyl groups is 1. The fourth-order valence-electron chi connectivity index (χ4n) is 7.44. The van der Waals surface area contributed by atoms with Crippen molar-refractivity contribution < 1.29 is 24.2 Å². The number of nitrogens with zero attached hydrogens (tertiary/aromatic N) is 1. The summed E-state index contributed by atoms with van der Waals surface area (Å²) in [6.45, 7) is 5.11. The molecule has 0 radical (unpaired) electrons. The van der Waals surface area contributed by atoms with E-state index in [4.69, 9.17) is 4.74 Å². The fourth-order valence-corrected chi connectivity index (χ4v) is 9.86. The quantitative estimate of drug-likeness (QED) is 0.257. The standard InChI is InChI=1S/C34H39N3O5S/c1-3-42-26-15-13-24(14-16-26)35-31(39)28-27-19-21(2)34(43-27)29(28)33(41)37(17-7-4-8-18-38)30(34)32(40)36-25-12-11-22-9-5-6-10-23(22)20-25/h5-6,9-16,20-21,27-30,38H,3-4,7-8,17-19H2,1-2H3,(H,35,39)(H,36,40)/t21?,27-,28+,29-,30?,34?/m0/s1. The van der Waals surface area contributed by atoms with Crippen molar-refractivity contribution in [2.75, 3.05) is 30.4 Å². The molecule has 3 aliphatic heterocycles. The highest BCUT2D eigenvalue weighted by atomic mass is 32.2. The minimum Gasteiger partial charge on any atom is -0.494 e. The molecule has 0 aliphatic carbocycles. The molecule has 3 unspecified atom stereocenters. The Bertz CT molecular complexity index is 1510. The molecule has 1 spiro atoms. The van der Waals surface area contributed by atoms with Crippen LogP contribution in [0.1, 0.15) is 39.5 Å². The minimum absolute atomic E-state index is 0.0424. The van der Waals surface area contributed by atoms with E-state index in [0.717, 1.165) is 29.4 Å². The van der Waals surface area contributed by atoms with Crippen LogP contribution in [-0.2, 0) is 14.4 Å². The summed E-state index contributed by atoms with van der Waals surface area (Å²) in [6.07, 6.45) is 2.85. The van der Waals surface area contributed by atoms with E-state index in [1.165, 1.54) is 0 Å². The number of aliphatic hydroxyl groups excluding tert-OH is 1. The van der Waals surface area contributed by atoms with Gasteiger partial charge in [0, 0.05) is 29.8 Å². The first-order valence-corrected chi connectivity index (χ1v) is 16.2. The topological polar surface area (TPSA) is 108 Å². The van der Waals surface area contributed by atoms with Gasteiger partial charge in [0.05, 0.1) is 23.2 Å². The van der Waals surface area contributed by atoms with Crippen LogP contribution in [0.2, 0.25) is 0 Å². The van der Waals surface area contributed by atoms with E-state index in [1.54, 1.807) is 16.7 Å². The summed E-state index contributed by atoms with van der Waals surface area (Å²) in [5.74, 6) is -0.799. The molecule has 0 aromatic heterocycles. The van der Waals surface area contributed by atoms with Crippen molar-refractivity contribution in [3.8, 4) is 5.75 Å². The Morgan fingerprint density at radius 1 is 0.977 bits per heavy atom. The lowest BCUT2D eigenvalue weighted by atomic mass is 9.66. The second kappa shape index (κ2) is 12.2. The number of ether oxygens (including phenoxy) is 1. The van der Waals surface area contributed by atoms with Crippen LogP contribution in [0.3, 0.4) is 0 Å². The van der Waals surface area contributed by atoms with E-state index in [1.807, 2.05) is 73.7 Å². The van der Waals surface area contributed by atoms with Crippen molar-refractivity contribution in [2.45, 2.75) is 55.6 Å². The highest BCUT2D eigenvalue weighted by Gasteiger charge is 2.75. The van der Waals surface area contributed by atoms with Gasteiger partial charge in [0.2, 0.25) is 17.7 Å². The Labute approximate surface area is 256 Å². The van der Waals surface area contributed by atoms with Gasteiger partial charge in [-0.1, -0.05) is 37.3 Å². The highest BCUT2D eigenvalue weighted by molar-refractivity contribution is 8.02. The van der Waals surface area contributed by atoms with E-state index >= 15 is 0 Å². The zero-order valence-electron chi connectivity index (χ0n) is 24.6. The second-order valence-electron chi connectivity index (χ2n) is 11.9. The van der Waals surface area contributed by atoms with Crippen LogP contribution in [0.15, 0.2) is 66.7 Å². The van der Waals surface area contributed by atoms with E-state index in [0.29, 0.717) is 37.4 Å². The molecule has 3 N–H and O–H groups in total. The van der Waals surface area contributed by atoms with Crippen molar-refractivity contribution >= 4 is 51.6 Å². The molecular formula is C34H39N3O5S. The van der Waals surface area contributed by atoms with E-state index in [2.05, 4.69) is 17.6 Å². The summed E-state index contributed by atoms with van der Waals surface area (Å²) in [4.78, 5) is 44.1. The number of amides is 3. The van der Waals surface area contributed by atoms with Gasteiger partial charge in [-0.05, 0) is 85.7 Å². The molecular weight excluding hydrogens is 562 g/mol. The third kappa shape index (κ3) is 5.27. The number of hydrogen-bond donors (Lipinski definition) is 3. The number of anilines is 2. The number of rotatable bonds is 11. The van der Waals surface area contributed by atoms with Crippen LogP contribution < -0.4 is 15.4 Å². The molecule has 6 rings (SSSR count). The van der Waals surface area contributed by atoms with Gasteiger partial charge < -0.3 is 25.4 Å². The molecule has 3 heterocycles. The molecule has 43 heavy (non-hydrogen) atoms. The lowest BCUT2D eigenvalue weighted by Gasteiger charge is -2.38. The van der Waals surface area contributed by atoms with E-state index < -0.39 is 22.6 Å². The Kier molecular flexibility index (Phi) is 8.38. The number of fused-ring (bicyclic) bond motifs is 2. The molecule has 3 amide bonds. The van der Waals surface area contributed by atoms with Gasteiger partial charge >= 0.3 is 0 Å². The second-order valence-corrected chi connectivity index (χ2v) is 13.4. The number of benzene rings is 3. The monoisotopic (exact) mass is 601 g/mol. The molecule has 3 fully saturated rings. The maximum atomic E-state index is 14.3. The Balaban J connectivity index is 1.29. The van der Waals surface area contributed by atoms with Crippen molar-refractivity contribution in [1.82, 2.24) is 4.90 Å². The number of thioether (sulfide) groups is 1. The predicted octanol–water partition coefficient (Wildman–Crippen LogP) is 5.32. The van der Waals surface area contributed by atoms with Crippen LogP contribution in [0.5, 0.6) is 5.75 Å². The van der Waals surface area contributed by atoms with Crippen LogP contribution >= 0.6 is 11.8 Å². The van der Waals surface area contributed by atoms with Crippen molar-refractivity contribution in [3.05, 3.63) is 66.7 Å².